The molecular formula is C16H18BrN3O. The van der Waals surface area contributed by atoms with Crippen LogP contribution in [0, 0.1) is 6.92 Å². The molecule has 0 atom stereocenters. The molecule has 2 N–H and O–H groups in total. The molecule has 1 heterocycles. The Labute approximate surface area is 133 Å². The summed E-state index contributed by atoms with van der Waals surface area (Å²) in [7, 11) is 0. The molecule has 110 valence electrons. The number of nitrogens with zero attached hydrogens (tertiary/aromatic N) is 1. The molecule has 0 fully saturated rings. The number of amides is 1. The summed E-state index contributed by atoms with van der Waals surface area (Å²) in [6.45, 7) is 4.97. The molecule has 1 aromatic heterocycles. The zero-order valence-electron chi connectivity index (χ0n) is 12.1. The third-order valence-corrected chi connectivity index (χ3v) is 3.86. The second-order valence-corrected chi connectivity index (χ2v) is 5.63. The number of aryl methyl sites for hydroxylation is 1. The lowest BCUT2D eigenvalue weighted by Gasteiger charge is -2.08. The quantitative estimate of drug-likeness (QED) is 0.850. The van der Waals surface area contributed by atoms with Crippen LogP contribution in [-0.4, -0.2) is 17.4 Å². The Balaban J connectivity index is 2.10. The molecule has 2 rings (SSSR count). The highest BCUT2D eigenvalue weighted by molar-refractivity contribution is 9.10. The van der Waals surface area contributed by atoms with E-state index in [0.29, 0.717) is 5.69 Å². The molecule has 2 aromatic rings. The number of nitrogens with one attached hydrogen (secondary N) is 2. The number of benzene rings is 1. The van der Waals surface area contributed by atoms with Gasteiger partial charge in [0.15, 0.2) is 0 Å². The van der Waals surface area contributed by atoms with Gasteiger partial charge in [0.2, 0.25) is 0 Å². The predicted octanol–water partition coefficient (Wildman–Crippen LogP) is 4.23. The molecule has 1 aromatic carbocycles. The van der Waals surface area contributed by atoms with Crippen LogP contribution in [0.4, 0.5) is 11.4 Å². The SMILES string of the molecule is CCCNc1ccnc(C(=O)Nc2ccc(C)c(Br)c2)c1. The lowest BCUT2D eigenvalue weighted by molar-refractivity contribution is 0.102. The lowest BCUT2D eigenvalue weighted by Crippen LogP contribution is -2.14. The third-order valence-electron chi connectivity index (χ3n) is 3.00. The molecule has 0 unspecified atom stereocenters. The molecule has 0 aliphatic rings. The minimum absolute atomic E-state index is 0.217. The largest absolute Gasteiger partial charge is 0.385 e. The van der Waals surface area contributed by atoms with Gasteiger partial charge in [-0.05, 0) is 43.2 Å². The van der Waals surface area contributed by atoms with E-state index in [1.807, 2.05) is 31.2 Å². The van der Waals surface area contributed by atoms with Crippen molar-refractivity contribution < 1.29 is 4.79 Å². The Morgan fingerprint density at radius 3 is 2.76 bits per heavy atom. The lowest BCUT2D eigenvalue weighted by atomic mass is 10.2. The number of anilines is 2. The molecule has 0 aliphatic carbocycles. The van der Waals surface area contributed by atoms with Gasteiger partial charge in [-0.25, -0.2) is 0 Å². The highest BCUT2D eigenvalue weighted by Gasteiger charge is 2.09. The number of hydrogen-bond acceptors (Lipinski definition) is 3. The van der Waals surface area contributed by atoms with Crippen LogP contribution in [0.2, 0.25) is 0 Å². The smallest absolute Gasteiger partial charge is 0.274 e. The van der Waals surface area contributed by atoms with Crippen LogP contribution >= 0.6 is 15.9 Å². The number of rotatable bonds is 5. The van der Waals surface area contributed by atoms with Gasteiger partial charge in [-0.15, -0.1) is 0 Å². The van der Waals surface area contributed by atoms with Crippen molar-refractivity contribution in [2.24, 2.45) is 0 Å². The first-order valence-corrected chi connectivity index (χ1v) is 7.67. The van der Waals surface area contributed by atoms with Crippen LogP contribution in [0.5, 0.6) is 0 Å². The first kappa shape index (κ1) is 15.5. The second kappa shape index (κ2) is 7.22. The van der Waals surface area contributed by atoms with E-state index in [-0.39, 0.29) is 5.91 Å². The van der Waals surface area contributed by atoms with Gasteiger partial charge in [0, 0.05) is 28.6 Å². The Morgan fingerprint density at radius 1 is 1.24 bits per heavy atom. The van der Waals surface area contributed by atoms with Crippen LogP contribution in [0.25, 0.3) is 0 Å². The molecule has 0 bridgehead atoms. The van der Waals surface area contributed by atoms with E-state index < -0.39 is 0 Å². The van der Waals surface area contributed by atoms with E-state index in [1.54, 1.807) is 12.3 Å². The second-order valence-electron chi connectivity index (χ2n) is 4.77. The van der Waals surface area contributed by atoms with E-state index >= 15 is 0 Å². The predicted molar refractivity (Wildman–Crippen MR) is 89.8 cm³/mol. The van der Waals surface area contributed by atoms with Crippen molar-refractivity contribution in [3.8, 4) is 0 Å². The summed E-state index contributed by atoms with van der Waals surface area (Å²) in [5, 5.41) is 6.09. The standard InChI is InChI=1S/C16H18BrN3O/c1-3-7-18-12-6-8-19-15(10-12)16(21)20-13-5-4-11(2)14(17)9-13/h4-6,8-10H,3,7H2,1-2H3,(H,18,19)(H,20,21). The molecule has 0 saturated carbocycles. The summed E-state index contributed by atoms with van der Waals surface area (Å²) < 4.78 is 0.964. The van der Waals surface area contributed by atoms with Gasteiger partial charge in [0.1, 0.15) is 5.69 Å². The van der Waals surface area contributed by atoms with E-state index in [1.165, 1.54) is 0 Å². The Morgan fingerprint density at radius 2 is 2.05 bits per heavy atom. The van der Waals surface area contributed by atoms with E-state index in [9.17, 15) is 4.79 Å². The van der Waals surface area contributed by atoms with Gasteiger partial charge in [-0.3, -0.25) is 9.78 Å². The van der Waals surface area contributed by atoms with Crippen LogP contribution in [0.1, 0.15) is 29.4 Å². The summed E-state index contributed by atoms with van der Waals surface area (Å²) in [4.78, 5) is 16.3. The van der Waals surface area contributed by atoms with E-state index in [2.05, 4.69) is 38.5 Å². The van der Waals surface area contributed by atoms with Crippen molar-refractivity contribution in [1.82, 2.24) is 4.98 Å². The maximum absolute atomic E-state index is 12.2. The summed E-state index contributed by atoms with van der Waals surface area (Å²) >= 11 is 3.46. The molecule has 21 heavy (non-hydrogen) atoms. The molecule has 0 radical (unpaired) electrons. The fourth-order valence-corrected chi connectivity index (χ4v) is 2.18. The normalized spacial score (nSPS) is 10.2. The molecule has 0 saturated heterocycles. The zero-order chi connectivity index (χ0) is 15.2. The van der Waals surface area contributed by atoms with Gasteiger partial charge in [-0.1, -0.05) is 28.9 Å². The molecule has 5 heteroatoms. The summed E-state index contributed by atoms with van der Waals surface area (Å²) in [6.07, 6.45) is 2.67. The number of carbonyl (C=O) groups excluding carboxylic acids is 1. The van der Waals surface area contributed by atoms with Gasteiger partial charge < -0.3 is 10.6 Å². The minimum Gasteiger partial charge on any atom is -0.385 e. The number of halogens is 1. The molecule has 0 aliphatic heterocycles. The summed E-state index contributed by atoms with van der Waals surface area (Å²) in [5.74, 6) is -0.217. The van der Waals surface area contributed by atoms with Crippen molar-refractivity contribution in [3.05, 3.63) is 52.3 Å². The number of hydrogen-bond donors (Lipinski definition) is 2. The third kappa shape index (κ3) is 4.29. The van der Waals surface area contributed by atoms with Crippen LogP contribution in [0.15, 0.2) is 41.0 Å². The first-order chi connectivity index (χ1) is 10.1. The maximum atomic E-state index is 12.2. The number of aromatic nitrogens is 1. The van der Waals surface area contributed by atoms with Crippen molar-refractivity contribution in [2.75, 3.05) is 17.2 Å². The van der Waals surface area contributed by atoms with Crippen LogP contribution in [-0.2, 0) is 0 Å². The molecule has 0 spiro atoms. The fraction of sp³-hybridized carbons (Fsp3) is 0.250. The Hall–Kier alpha value is -1.88. The van der Waals surface area contributed by atoms with Crippen molar-refractivity contribution in [3.63, 3.8) is 0 Å². The Bertz CT molecular complexity index is 643. The molecule has 1 amide bonds. The highest BCUT2D eigenvalue weighted by Crippen LogP contribution is 2.21. The number of pyridine rings is 1. The highest BCUT2D eigenvalue weighted by atomic mass is 79.9. The van der Waals surface area contributed by atoms with Gasteiger partial charge >= 0.3 is 0 Å². The summed E-state index contributed by atoms with van der Waals surface area (Å²) in [5.41, 5.74) is 3.16. The van der Waals surface area contributed by atoms with Crippen molar-refractivity contribution in [2.45, 2.75) is 20.3 Å². The van der Waals surface area contributed by atoms with Crippen LogP contribution in [0.3, 0.4) is 0 Å². The number of carbonyl (C=O) groups is 1. The van der Waals surface area contributed by atoms with Gasteiger partial charge in [-0.2, -0.15) is 0 Å². The monoisotopic (exact) mass is 347 g/mol. The maximum Gasteiger partial charge on any atom is 0.274 e. The van der Waals surface area contributed by atoms with E-state index in [0.717, 1.165) is 34.4 Å². The fourth-order valence-electron chi connectivity index (χ4n) is 1.80. The average Bonchev–Trinajstić information content (AvgIpc) is 2.49. The molecule has 4 nitrogen and oxygen atoms in total. The summed E-state index contributed by atoms with van der Waals surface area (Å²) in [6, 6.07) is 9.32. The van der Waals surface area contributed by atoms with E-state index in [4.69, 9.17) is 0 Å². The first-order valence-electron chi connectivity index (χ1n) is 6.87. The van der Waals surface area contributed by atoms with Crippen molar-refractivity contribution in [1.29, 1.82) is 0 Å². The van der Waals surface area contributed by atoms with Gasteiger partial charge in [0.05, 0.1) is 0 Å². The van der Waals surface area contributed by atoms with Crippen molar-refractivity contribution >= 4 is 33.2 Å². The topological polar surface area (TPSA) is 54.0 Å². The molecular weight excluding hydrogens is 330 g/mol. The Kier molecular flexibility index (Phi) is 5.33. The average molecular weight is 348 g/mol. The minimum atomic E-state index is -0.217. The van der Waals surface area contributed by atoms with Crippen LogP contribution < -0.4 is 10.6 Å². The van der Waals surface area contributed by atoms with Gasteiger partial charge in [0.25, 0.3) is 5.91 Å². The zero-order valence-corrected chi connectivity index (χ0v) is 13.7.